The van der Waals surface area contributed by atoms with Crippen LogP contribution in [0.2, 0.25) is 0 Å². The molecule has 14 nitrogen and oxygen atoms in total. The summed E-state index contributed by atoms with van der Waals surface area (Å²) < 4.78 is 23.2. The monoisotopic (exact) mass is 844 g/mol. The van der Waals surface area contributed by atoms with E-state index < -0.39 is 41.6 Å². The predicted octanol–water partition coefficient (Wildman–Crippen LogP) is 7.11. The highest BCUT2D eigenvalue weighted by Crippen LogP contribution is 2.41. The van der Waals surface area contributed by atoms with Crippen LogP contribution in [-0.4, -0.2) is 78.2 Å². The summed E-state index contributed by atoms with van der Waals surface area (Å²) >= 11 is 0. The second-order valence-electron chi connectivity index (χ2n) is 15.8. The Kier molecular flexibility index (Phi) is 13.5. The topological polar surface area (TPSA) is 184 Å². The summed E-state index contributed by atoms with van der Waals surface area (Å²) in [6, 6.07) is 22.3. The molecular formula is C48H52N4O10. The van der Waals surface area contributed by atoms with Crippen LogP contribution in [0.4, 0.5) is 0 Å². The number of carbonyl (C=O) groups is 6. The number of amides is 6. The van der Waals surface area contributed by atoms with Gasteiger partial charge < -0.3 is 30.0 Å². The minimum atomic E-state index is -0.827. The summed E-state index contributed by atoms with van der Waals surface area (Å²) in [6.45, 7) is 2.29. The number of methoxy groups -OCH3 is 2. The van der Waals surface area contributed by atoms with Crippen molar-refractivity contribution >= 4 is 35.4 Å². The minimum absolute atomic E-state index is 0.0332. The molecule has 6 amide bonds. The predicted molar refractivity (Wildman–Crippen MR) is 228 cm³/mol. The molecule has 2 unspecified atom stereocenters. The summed E-state index contributed by atoms with van der Waals surface area (Å²) in [4.78, 5) is 79.0. The lowest BCUT2D eigenvalue weighted by Crippen LogP contribution is -2.37. The average Bonchev–Trinajstić information content (AvgIpc) is 4.08. The molecule has 3 N–H and O–H groups in total. The number of hydrogen-bond acceptors (Lipinski definition) is 10. The van der Waals surface area contributed by atoms with E-state index in [1.165, 1.54) is 4.90 Å². The third-order valence-corrected chi connectivity index (χ3v) is 11.8. The van der Waals surface area contributed by atoms with E-state index in [2.05, 4.69) is 5.32 Å². The molecule has 4 aliphatic rings. The molecule has 324 valence electrons. The summed E-state index contributed by atoms with van der Waals surface area (Å²) in [7, 11) is 3.13. The van der Waals surface area contributed by atoms with Crippen molar-refractivity contribution < 1.29 is 47.7 Å². The third-order valence-electron chi connectivity index (χ3n) is 11.8. The second kappa shape index (κ2) is 19.3. The second-order valence-corrected chi connectivity index (χ2v) is 15.8. The van der Waals surface area contributed by atoms with Gasteiger partial charge in [0.25, 0.3) is 23.6 Å². The van der Waals surface area contributed by atoms with E-state index in [4.69, 9.17) is 24.7 Å². The van der Waals surface area contributed by atoms with E-state index in [0.717, 1.165) is 56.3 Å². The highest BCUT2D eigenvalue weighted by atomic mass is 16.5. The molecule has 0 spiro atoms. The van der Waals surface area contributed by atoms with Gasteiger partial charge in [0.1, 0.15) is 0 Å². The highest BCUT2D eigenvalue weighted by Gasteiger charge is 2.43. The maximum absolute atomic E-state index is 13.2. The lowest BCUT2D eigenvalue weighted by atomic mass is 10.0. The number of nitrogens with zero attached hydrogens (tertiary/aromatic N) is 2. The van der Waals surface area contributed by atoms with Crippen LogP contribution in [0.1, 0.15) is 136 Å². The van der Waals surface area contributed by atoms with E-state index in [1.54, 1.807) is 99.1 Å². The van der Waals surface area contributed by atoms with Crippen LogP contribution in [0.25, 0.3) is 0 Å². The molecular weight excluding hydrogens is 793 g/mol. The fraction of sp³-hybridized carbons (Fsp3) is 0.375. The molecule has 14 heteroatoms. The Morgan fingerprint density at radius 3 is 1.31 bits per heavy atom. The van der Waals surface area contributed by atoms with Gasteiger partial charge >= 0.3 is 0 Å². The maximum atomic E-state index is 13.2. The first-order chi connectivity index (χ1) is 30.0. The Balaban J connectivity index is 0.000000187. The fourth-order valence-corrected chi connectivity index (χ4v) is 8.69. The van der Waals surface area contributed by atoms with Crippen molar-refractivity contribution in [1.82, 2.24) is 15.1 Å². The van der Waals surface area contributed by atoms with Crippen LogP contribution >= 0.6 is 0 Å². The molecule has 2 aliphatic heterocycles. The number of imide groups is 2. The van der Waals surface area contributed by atoms with E-state index in [-0.39, 0.29) is 31.0 Å². The van der Waals surface area contributed by atoms with Crippen LogP contribution in [0.15, 0.2) is 84.9 Å². The lowest BCUT2D eigenvalue weighted by Gasteiger charge is -2.27. The van der Waals surface area contributed by atoms with Gasteiger partial charge in [-0.05, 0) is 118 Å². The molecule has 2 atom stereocenters. The van der Waals surface area contributed by atoms with Gasteiger partial charge in [-0.3, -0.25) is 38.6 Å². The number of nitrogens with one attached hydrogen (secondary N) is 1. The normalized spacial score (nSPS) is 17.0. The van der Waals surface area contributed by atoms with Gasteiger partial charge in [-0.15, -0.1) is 0 Å². The quantitative estimate of drug-likeness (QED) is 0.117. The standard InChI is InChI=1S/C25H28N2O5.C23H24N2O5/c1-3-26-23(28)15-20(27-24(29)18-10-6-7-11-19(18)25(27)30)16-12-13-21(31-2)22(14-16)32-17-8-4-5-9-17;1-29-19-11-10-14(12-20(19)30-15-6-2-3-7-15)18(13-21(24)26)25-22(27)16-8-4-5-9-17(16)23(25)28/h6-7,10-14,17,20H,3-5,8-9,15H2,1-2H3,(H,26,28);4-5,8-12,15,18H,2-3,6-7,13H2,1H3,(H2,24,26). The van der Waals surface area contributed by atoms with Crippen molar-refractivity contribution in [3.63, 3.8) is 0 Å². The van der Waals surface area contributed by atoms with E-state index in [1.807, 2.05) is 6.92 Å². The molecule has 2 heterocycles. The first-order valence-electron chi connectivity index (χ1n) is 21.2. The zero-order chi connectivity index (χ0) is 43.9. The number of carbonyl (C=O) groups excluding carboxylic acids is 6. The number of benzene rings is 4. The Morgan fingerprint density at radius 2 is 0.968 bits per heavy atom. The number of fused-ring (bicyclic) bond motifs is 2. The smallest absolute Gasteiger partial charge is 0.262 e. The van der Waals surface area contributed by atoms with E-state index in [0.29, 0.717) is 62.9 Å². The van der Waals surface area contributed by atoms with Gasteiger partial charge in [0.2, 0.25) is 11.8 Å². The number of primary amides is 1. The van der Waals surface area contributed by atoms with Crippen LogP contribution < -0.4 is 30.0 Å². The third kappa shape index (κ3) is 9.14. The van der Waals surface area contributed by atoms with Crippen LogP contribution in [-0.2, 0) is 9.59 Å². The van der Waals surface area contributed by atoms with Crippen molar-refractivity contribution in [1.29, 1.82) is 0 Å². The molecule has 62 heavy (non-hydrogen) atoms. The number of rotatable bonds is 15. The van der Waals surface area contributed by atoms with Gasteiger partial charge in [0.15, 0.2) is 23.0 Å². The number of ether oxygens (including phenoxy) is 4. The van der Waals surface area contributed by atoms with E-state index in [9.17, 15) is 28.8 Å². The van der Waals surface area contributed by atoms with Gasteiger partial charge in [-0.1, -0.05) is 36.4 Å². The molecule has 0 saturated heterocycles. The van der Waals surface area contributed by atoms with Crippen LogP contribution in [0.3, 0.4) is 0 Å². The lowest BCUT2D eigenvalue weighted by molar-refractivity contribution is -0.122. The molecule has 4 aromatic carbocycles. The number of nitrogens with two attached hydrogens (primary N) is 1. The Morgan fingerprint density at radius 1 is 0.597 bits per heavy atom. The molecule has 0 aromatic heterocycles. The van der Waals surface area contributed by atoms with Gasteiger partial charge in [0.05, 0.1) is 73.6 Å². The highest BCUT2D eigenvalue weighted by molar-refractivity contribution is 6.22. The molecule has 0 radical (unpaired) electrons. The maximum Gasteiger partial charge on any atom is 0.262 e. The van der Waals surface area contributed by atoms with Crippen molar-refractivity contribution in [2.24, 2.45) is 5.73 Å². The molecule has 2 saturated carbocycles. The summed E-state index contributed by atoms with van der Waals surface area (Å²) in [5.74, 6) is -0.253. The van der Waals surface area contributed by atoms with Crippen molar-refractivity contribution in [2.45, 2.75) is 95.4 Å². The van der Waals surface area contributed by atoms with Crippen molar-refractivity contribution in [2.75, 3.05) is 20.8 Å². The molecule has 0 bridgehead atoms. The molecule has 8 rings (SSSR count). The van der Waals surface area contributed by atoms with Crippen LogP contribution in [0, 0.1) is 0 Å². The van der Waals surface area contributed by atoms with Crippen molar-refractivity contribution in [3.05, 3.63) is 118 Å². The summed E-state index contributed by atoms with van der Waals surface area (Å²) in [5.41, 5.74) is 8.09. The number of hydrogen-bond donors (Lipinski definition) is 2. The summed E-state index contributed by atoms with van der Waals surface area (Å²) in [6.07, 6.45) is 8.38. The largest absolute Gasteiger partial charge is 0.493 e. The SMILES string of the molecule is CCNC(=O)CC(c1ccc(OC)c(OC2CCCC2)c1)N1C(=O)c2ccccc2C1=O.COc1ccc(C(CC(N)=O)N2C(=O)c3ccccc3C2=O)cc1OC1CCCC1. The molecule has 2 aliphatic carbocycles. The van der Waals surface area contributed by atoms with Crippen molar-refractivity contribution in [3.8, 4) is 23.0 Å². The average molecular weight is 845 g/mol. The Hall–Kier alpha value is -6.70. The first-order valence-corrected chi connectivity index (χ1v) is 21.2. The minimum Gasteiger partial charge on any atom is -0.493 e. The van der Waals surface area contributed by atoms with E-state index >= 15 is 0 Å². The fourth-order valence-electron chi connectivity index (χ4n) is 8.69. The Labute approximate surface area is 360 Å². The summed E-state index contributed by atoms with van der Waals surface area (Å²) in [5, 5.41) is 2.77. The molecule has 2 fully saturated rings. The first kappa shape index (κ1) is 43.4. The van der Waals surface area contributed by atoms with Gasteiger partial charge in [0, 0.05) is 6.54 Å². The zero-order valence-corrected chi connectivity index (χ0v) is 35.2. The van der Waals surface area contributed by atoms with Gasteiger partial charge in [-0.2, -0.15) is 0 Å². The molecule has 4 aromatic rings. The zero-order valence-electron chi connectivity index (χ0n) is 35.2. The van der Waals surface area contributed by atoms with Gasteiger partial charge in [-0.25, -0.2) is 0 Å². The van der Waals surface area contributed by atoms with Crippen LogP contribution in [0.5, 0.6) is 23.0 Å². The Bertz CT molecular complexity index is 2280.